The Bertz CT molecular complexity index is 489. The Morgan fingerprint density at radius 2 is 2.20 bits per heavy atom. The van der Waals surface area contributed by atoms with Crippen molar-refractivity contribution in [3.05, 3.63) is 35.4 Å². The zero-order chi connectivity index (χ0) is 13.9. The lowest BCUT2D eigenvalue weighted by molar-refractivity contribution is -0.132. The molecule has 1 fully saturated rings. The van der Waals surface area contributed by atoms with E-state index >= 15 is 0 Å². The molecule has 0 aliphatic carbocycles. The summed E-state index contributed by atoms with van der Waals surface area (Å²) in [5, 5.41) is 3.38. The Labute approximate surface area is 120 Å². The summed E-state index contributed by atoms with van der Waals surface area (Å²) >= 11 is 0. The van der Waals surface area contributed by atoms with Crippen molar-refractivity contribution < 1.29 is 9.53 Å². The van der Waals surface area contributed by atoms with Crippen molar-refractivity contribution in [2.45, 2.75) is 25.4 Å². The highest BCUT2D eigenvalue weighted by Gasteiger charge is 2.32. The molecule has 0 spiro atoms. The first-order valence-corrected chi connectivity index (χ1v) is 7.36. The molecule has 0 saturated carbocycles. The molecule has 0 bridgehead atoms. The standard InChI is InChI=1S/C16H22N2O2/c1-20-11-12-6-7-18(10-12)16(19)15-8-13-4-2-3-5-14(13)9-17-15/h2-5,12,15,17H,6-11H2,1H3. The maximum atomic E-state index is 12.6. The van der Waals surface area contributed by atoms with Gasteiger partial charge in [-0.1, -0.05) is 24.3 Å². The molecule has 2 heterocycles. The van der Waals surface area contributed by atoms with Crippen LogP contribution < -0.4 is 5.32 Å². The van der Waals surface area contributed by atoms with E-state index in [-0.39, 0.29) is 11.9 Å². The van der Waals surface area contributed by atoms with Gasteiger partial charge in [-0.3, -0.25) is 4.79 Å². The number of rotatable bonds is 3. The summed E-state index contributed by atoms with van der Waals surface area (Å²) in [5.74, 6) is 0.748. The molecule has 1 saturated heterocycles. The van der Waals surface area contributed by atoms with Gasteiger partial charge in [-0.25, -0.2) is 0 Å². The predicted molar refractivity (Wildman–Crippen MR) is 77.3 cm³/mol. The molecule has 1 N–H and O–H groups in total. The molecule has 20 heavy (non-hydrogen) atoms. The molecule has 4 nitrogen and oxygen atoms in total. The molecule has 0 radical (unpaired) electrons. The zero-order valence-corrected chi connectivity index (χ0v) is 12.0. The number of hydrogen-bond donors (Lipinski definition) is 1. The van der Waals surface area contributed by atoms with E-state index < -0.39 is 0 Å². The van der Waals surface area contributed by atoms with Gasteiger partial charge >= 0.3 is 0 Å². The summed E-state index contributed by atoms with van der Waals surface area (Å²) in [6, 6.07) is 8.31. The number of ether oxygens (including phenoxy) is 1. The minimum Gasteiger partial charge on any atom is -0.384 e. The highest BCUT2D eigenvalue weighted by atomic mass is 16.5. The van der Waals surface area contributed by atoms with Gasteiger partial charge in [-0.05, 0) is 24.0 Å². The number of amides is 1. The summed E-state index contributed by atoms with van der Waals surface area (Å²) in [6.45, 7) is 3.26. The summed E-state index contributed by atoms with van der Waals surface area (Å²) in [5.41, 5.74) is 2.62. The molecule has 2 atom stereocenters. The third kappa shape index (κ3) is 2.72. The third-order valence-electron chi connectivity index (χ3n) is 4.38. The molecule has 2 unspecified atom stereocenters. The lowest BCUT2D eigenvalue weighted by Crippen LogP contribution is -2.48. The fourth-order valence-corrected chi connectivity index (χ4v) is 3.25. The van der Waals surface area contributed by atoms with Gasteiger partial charge in [0.2, 0.25) is 5.91 Å². The highest BCUT2D eigenvalue weighted by Crippen LogP contribution is 2.21. The Kier molecular flexibility index (Phi) is 4.03. The summed E-state index contributed by atoms with van der Waals surface area (Å²) in [6.07, 6.45) is 1.86. The number of carbonyl (C=O) groups excluding carboxylic acids is 1. The molecule has 1 amide bonds. The second-order valence-electron chi connectivity index (χ2n) is 5.80. The van der Waals surface area contributed by atoms with Gasteiger partial charge in [0.15, 0.2) is 0 Å². The first-order chi connectivity index (χ1) is 9.78. The molecule has 108 valence electrons. The van der Waals surface area contributed by atoms with Crippen molar-refractivity contribution in [1.82, 2.24) is 10.2 Å². The average molecular weight is 274 g/mol. The number of methoxy groups -OCH3 is 1. The van der Waals surface area contributed by atoms with Crippen molar-refractivity contribution >= 4 is 5.91 Å². The van der Waals surface area contributed by atoms with Crippen molar-refractivity contribution in [1.29, 1.82) is 0 Å². The Hall–Kier alpha value is -1.39. The van der Waals surface area contributed by atoms with Gasteiger partial charge in [0.25, 0.3) is 0 Å². The molecular formula is C16H22N2O2. The summed E-state index contributed by atoms with van der Waals surface area (Å²) < 4.78 is 5.19. The second-order valence-corrected chi connectivity index (χ2v) is 5.80. The molecule has 3 rings (SSSR count). The van der Waals surface area contributed by atoms with Crippen LogP contribution in [-0.2, 0) is 22.5 Å². The molecule has 2 aliphatic rings. The van der Waals surface area contributed by atoms with Crippen LogP contribution in [0.1, 0.15) is 17.5 Å². The van der Waals surface area contributed by atoms with Crippen molar-refractivity contribution in [2.24, 2.45) is 5.92 Å². The van der Waals surface area contributed by atoms with Crippen LogP contribution in [0.2, 0.25) is 0 Å². The Morgan fingerprint density at radius 1 is 1.40 bits per heavy atom. The Morgan fingerprint density at radius 3 is 3.00 bits per heavy atom. The third-order valence-corrected chi connectivity index (χ3v) is 4.38. The van der Waals surface area contributed by atoms with Gasteiger partial charge in [-0.2, -0.15) is 0 Å². The quantitative estimate of drug-likeness (QED) is 0.900. The van der Waals surface area contributed by atoms with E-state index in [1.54, 1.807) is 7.11 Å². The van der Waals surface area contributed by atoms with Crippen LogP contribution in [0.15, 0.2) is 24.3 Å². The number of hydrogen-bond acceptors (Lipinski definition) is 3. The van der Waals surface area contributed by atoms with E-state index in [0.29, 0.717) is 5.92 Å². The van der Waals surface area contributed by atoms with E-state index in [1.807, 2.05) is 4.90 Å². The van der Waals surface area contributed by atoms with Crippen LogP contribution in [0.4, 0.5) is 0 Å². The summed E-state index contributed by atoms with van der Waals surface area (Å²) in [7, 11) is 1.73. The molecule has 4 heteroatoms. The molecule has 1 aromatic carbocycles. The van der Waals surface area contributed by atoms with Crippen LogP contribution in [0.3, 0.4) is 0 Å². The number of benzene rings is 1. The lowest BCUT2D eigenvalue weighted by Gasteiger charge is -2.29. The zero-order valence-electron chi connectivity index (χ0n) is 12.0. The van der Waals surface area contributed by atoms with Gasteiger partial charge < -0.3 is 15.0 Å². The van der Waals surface area contributed by atoms with Crippen molar-refractivity contribution in [3.63, 3.8) is 0 Å². The molecule has 2 aliphatic heterocycles. The van der Waals surface area contributed by atoms with Gasteiger partial charge in [0, 0.05) is 32.7 Å². The number of likely N-dealkylation sites (tertiary alicyclic amines) is 1. The maximum Gasteiger partial charge on any atom is 0.240 e. The first-order valence-electron chi connectivity index (χ1n) is 7.36. The van der Waals surface area contributed by atoms with Crippen LogP contribution in [0, 0.1) is 5.92 Å². The van der Waals surface area contributed by atoms with E-state index in [2.05, 4.69) is 29.6 Å². The average Bonchev–Trinajstić information content (AvgIpc) is 2.95. The second kappa shape index (κ2) is 5.94. The fourth-order valence-electron chi connectivity index (χ4n) is 3.25. The van der Waals surface area contributed by atoms with E-state index in [9.17, 15) is 4.79 Å². The SMILES string of the molecule is COCC1CCN(C(=O)C2Cc3ccccc3CN2)C1. The van der Waals surface area contributed by atoms with Crippen molar-refractivity contribution in [2.75, 3.05) is 26.8 Å². The lowest BCUT2D eigenvalue weighted by atomic mass is 9.95. The highest BCUT2D eigenvalue weighted by molar-refractivity contribution is 5.82. The minimum atomic E-state index is -0.0637. The van der Waals surface area contributed by atoms with Gasteiger partial charge in [0.05, 0.1) is 12.6 Å². The van der Waals surface area contributed by atoms with Crippen LogP contribution >= 0.6 is 0 Å². The van der Waals surface area contributed by atoms with E-state index in [1.165, 1.54) is 11.1 Å². The largest absolute Gasteiger partial charge is 0.384 e. The molecule has 1 aromatic rings. The van der Waals surface area contributed by atoms with Crippen LogP contribution in [0.25, 0.3) is 0 Å². The Balaban J connectivity index is 1.62. The molecular weight excluding hydrogens is 252 g/mol. The summed E-state index contributed by atoms with van der Waals surface area (Å²) in [4.78, 5) is 14.6. The number of carbonyl (C=O) groups is 1. The van der Waals surface area contributed by atoms with Gasteiger partial charge in [-0.15, -0.1) is 0 Å². The van der Waals surface area contributed by atoms with Crippen LogP contribution in [0.5, 0.6) is 0 Å². The normalized spacial score (nSPS) is 25.6. The molecule has 0 aromatic heterocycles. The fraction of sp³-hybridized carbons (Fsp3) is 0.562. The number of fused-ring (bicyclic) bond motifs is 1. The monoisotopic (exact) mass is 274 g/mol. The van der Waals surface area contributed by atoms with E-state index in [0.717, 1.165) is 39.1 Å². The first kappa shape index (κ1) is 13.6. The predicted octanol–water partition coefficient (Wildman–Crippen LogP) is 1.20. The van der Waals surface area contributed by atoms with Crippen LogP contribution in [-0.4, -0.2) is 43.7 Å². The topological polar surface area (TPSA) is 41.6 Å². The smallest absolute Gasteiger partial charge is 0.240 e. The number of nitrogens with zero attached hydrogens (tertiary/aromatic N) is 1. The number of nitrogens with one attached hydrogen (secondary N) is 1. The van der Waals surface area contributed by atoms with Gasteiger partial charge in [0.1, 0.15) is 0 Å². The minimum absolute atomic E-state index is 0.0637. The van der Waals surface area contributed by atoms with E-state index in [4.69, 9.17) is 4.74 Å². The van der Waals surface area contributed by atoms with Crippen molar-refractivity contribution in [3.8, 4) is 0 Å². The maximum absolute atomic E-state index is 12.6.